The predicted octanol–water partition coefficient (Wildman–Crippen LogP) is 4.77. The zero-order chi connectivity index (χ0) is 17.8. The Labute approximate surface area is 147 Å². The van der Waals surface area contributed by atoms with Crippen LogP contribution in [0.3, 0.4) is 0 Å². The zero-order valence-electron chi connectivity index (χ0n) is 13.3. The van der Waals surface area contributed by atoms with Gasteiger partial charge >= 0.3 is 0 Å². The molecule has 0 aliphatic rings. The van der Waals surface area contributed by atoms with Crippen molar-refractivity contribution in [3.63, 3.8) is 0 Å². The molecule has 1 aromatic heterocycles. The van der Waals surface area contributed by atoms with Gasteiger partial charge < -0.3 is 0 Å². The van der Waals surface area contributed by atoms with Gasteiger partial charge in [0.1, 0.15) is 4.88 Å². The topological polar surface area (TPSA) is 41.5 Å². The highest BCUT2D eigenvalue weighted by Gasteiger charge is 2.14. The number of hydrogen-bond donors (Lipinski definition) is 1. The molecule has 1 amide bonds. The van der Waals surface area contributed by atoms with E-state index in [1.165, 1.54) is 23.6 Å². The van der Waals surface area contributed by atoms with E-state index in [1.54, 1.807) is 0 Å². The maximum atomic E-state index is 13.1. The molecule has 1 heterocycles. The highest BCUT2D eigenvalue weighted by atomic mass is 32.1. The SMILES string of the molecule is Cc1ccc(-c2ccsc2C(=O)N/N=C\c2ccc(F)c(F)c2)cc1. The molecule has 0 aliphatic carbocycles. The molecule has 0 aliphatic heterocycles. The average Bonchev–Trinajstić information content (AvgIpc) is 3.08. The van der Waals surface area contributed by atoms with Crippen molar-refractivity contribution in [3.05, 3.63) is 81.5 Å². The number of halogens is 2. The summed E-state index contributed by atoms with van der Waals surface area (Å²) in [6.07, 6.45) is 1.26. The van der Waals surface area contributed by atoms with Gasteiger partial charge in [-0.25, -0.2) is 14.2 Å². The van der Waals surface area contributed by atoms with E-state index in [4.69, 9.17) is 0 Å². The molecule has 0 saturated carbocycles. The molecule has 3 nitrogen and oxygen atoms in total. The van der Waals surface area contributed by atoms with Crippen LogP contribution in [0.15, 0.2) is 59.0 Å². The third-order valence-corrected chi connectivity index (χ3v) is 4.47. The summed E-state index contributed by atoms with van der Waals surface area (Å²) < 4.78 is 26.0. The van der Waals surface area contributed by atoms with Crippen LogP contribution < -0.4 is 5.43 Å². The summed E-state index contributed by atoms with van der Waals surface area (Å²) in [4.78, 5) is 12.9. The normalized spacial score (nSPS) is 11.0. The minimum Gasteiger partial charge on any atom is -0.266 e. The molecule has 3 rings (SSSR count). The van der Waals surface area contributed by atoms with E-state index in [0.29, 0.717) is 10.4 Å². The second-order valence-corrected chi connectivity index (χ2v) is 6.32. The quantitative estimate of drug-likeness (QED) is 0.531. The molecule has 0 unspecified atom stereocenters. The highest BCUT2D eigenvalue weighted by Crippen LogP contribution is 2.28. The van der Waals surface area contributed by atoms with Gasteiger partial charge in [0.25, 0.3) is 5.91 Å². The zero-order valence-corrected chi connectivity index (χ0v) is 14.1. The number of carbonyl (C=O) groups is 1. The molecule has 2 aromatic carbocycles. The van der Waals surface area contributed by atoms with Gasteiger partial charge in [0, 0.05) is 5.56 Å². The predicted molar refractivity (Wildman–Crippen MR) is 95.9 cm³/mol. The Morgan fingerprint density at radius 3 is 2.56 bits per heavy atom. The molecular formula is C19H14F2N2OS. The van der Waals surface area contributed by atoms with Crippen LogP contribution in [0, 0.1) is 18.6 Å². The average molecular weight is 356 g/mol. The third kappa shape index (κ3) is 3.97. The van der Waals surface area contributed by atoms with Crippen molar-refractivity contribution < 1.29 is 13.6 Å². The second-order valence-electron chi connectivity index (χ2n) is 5.40. The Balaban J connectivity index is 1.74. The fourth-order valence-electron chi connectivity index (χ4n) is 2.25. The van der Waals surface area contributed by atoms with Crippen molar-refractivity contribution in [2.45, 2.75) is 6.92 Å². The Hall–Kier alpha value is -2.86. The van der Waals surface area contributed by atoms with E-state index in [1.807, 2.05) is 42.6 Å². The summed E-state index contributed by atoms with van der Waals surface area (Å²) >= 11 is 1.31. The Bertz CT molecular complexity index is 933. The molecular weight excluding hydrogens is 342 g/mol. The van der Waals surface area contributed by atoms with Crippen LogP contribution in [0.4, 0.5) is 8.78 Å². The van der Waals surface area contributed by atoms with Gasteiger partial charge in [-0.2, -0.15) is 5.10 Å². The number of aryl methyl sites for hydroxylation is 1. The first kappa shape index (κ1) is 17.0. The molecule has 0 atom stereocenters. The standard InChI is InChI=1S/C19H14F2N2OS/c1-12-2-5-14(6-3-12)15-8-9-25-18(15)19(24)23-22-11-13-4-7-16(20)17(21)10-13/h2-11H,1H3,(H,23,24)/b22-11-. The fourth-order valence-corrected chi connectivity index (χ4v) is 3.06. The lowest BCUT2D eigenvalue weighted by Gasteiger charge is -2.04. The number of hydrazone groups is 1. The Morgan fingerprint density at radius 2 is 1.84 bits per heavy atom. The molecule has 25 heavy (non-hydrogen) atoms. The largest absolute Gasteiger partial charge is 0.282 e. The minimum atomic E-state index is -0.963. The van der Waals surface area contributed by atoms with Gasteiger partial charge in [0.15, 0.2) is 11.6 Å². The van der Waals surface area contributed by atoms with Crippen LogP contribution in [-0.2, 0) is 0 Å². The summed E-state index contributed by atoms with van der Waals surface area (Å²) in [7, 11) is 0. The minimum absolute atomic E-state index is 0.351. The van der Waals surface area contributed by atoms with Crippen molar-refractivity contribution in [1.82, 2.24) is 5.43 Å². The maximum Gasteiger partial charge on any atom is 0.282 e. The molecule has 0 spiro atoms. The first-order chi connectivity index (χ1) is 12.0. The number of benzene rings is 2. The Morgan fingerprint density at radius 1 is 1.08 bits per heavy atom. The summed E-state index contributed by atoms with van der Waals surface area (Å²) in [5.41, 5.74) is 5.68. The molecule has 3 aromatic rings. The van der Waals surface area contributed by atoms with Crippen LogP contribution in [0.5, 0.6) is 0 Å². The van der Waals surface area contributed by atoms with Gasteiger partial charge in [-0.05, 0) is 41.6 Å². The van der Waals surface area contributed by atoms with E-state index < -0.39 is 11.6 Å². The number of nitrogens with zero attached hydrogens (tertiary/aromatic N) is 1. The summed E-state index contributed by atoms with van der Waals surface area (Å²) in [5, 5.41) is 5.65. The lowest BCUT2D eigenvalue weighted by atomic mass is 10.1. The van der Waals surface area contributed by atoms with Crippen molar-refractivity contribution in [1.29, 1.82) is 0 Å². The van der Waals surface area contributed by atoms with Crippen molar-refractivity contribution >= 4 is 23.5 Å². The molecule has 0 radical (unpaired) electrons. The lowest BCUT2D eigenvalue weighted by Crippen LogP contribution is -2.17. The van der Waals surface area contributed by atoms with E-state index in [0.717, 1.165) is 28.8 Å². The first-order valence-electron chi connectivity index (χ1n) is 7.47. The number of nitrogens with one attached hydrogen (secondary N) is 1. The van der Waals surface area contributed by atoms with Crippen molar-refractivity contribution in [2.24, 2.45) is 5.10 Å². The maximum absolute atomic E-state index is 13.1. The van der Waals surface area contributed by atoms with Gasteiger partial charge in [-0.1, -0.05) is 35.9 Å². The van der Waals surface area contributed by atoms with Crippen LogP contribution in [-0.4, -0.2) is 12.1 Å². The second kappa shape index (κ2) is 7.36. The van der Waals surface area contributed by atoms with Gasteiger partial charge in [0.05, 0.1) is 6.21 Å². The number of rotatable bonds is 4. The number of amides is 1. The van der Waals surface area contributed by atoms with Crippen LogP contribution in [0.1, 0.15) is 20.8 Å². The number of carbonyl (C=O) groups excluding carboxylic acids is 1. The summed E-state index contributed by atoms with van der Waals surface area (Å²) in [6, 6.07) is 13.1. The number of thiophene rings is 1. The molecule has 0 bridgehead atoms. The smallest absolute Gasteiger partial charge is 0.266 e. The summed E-state index contributed by atoms with van der Waals surface area (Å²) in [5.74, 6) is -2.25. The molecule has 0 fully saturated rings. The van der Waals surface area contributed by atoms with Gasteiger partial charge in [-0.15, -0.1) is 11.3 Å². The van der Waals surface area contributed by atoms with E-state index in [9.17, 15) is 13.6 Å². The van der Waals surface area contributed by atoms with Gasteiger partial charge in [-0.3, -0.25) is 4.79 Å². The molecule has 126 valence electrons. The monoisotopic (exact) mass is 356 g/mol. The van der Waals surface area contributed by atoms with Crippen LogP contribution in [0.25, 0.3) is 11.1 Å². The molecule has 6 heteroatoms. The van der Waals surface area contributed by atoms with Crippen LogP contribution in [0.2, 0.25) is 0 Å². The summed E-state index contributed by atoms with van der Waals surface area (Å²) in [6.45, 7) is 2.00. The number of hydrogen-bond acceptors (Lipinski definition) is 3. The first-order valence-corrected chi connectivity index (χ1v) is 8.35. The Kier molecular flexibility index (Phi) is 5.00. The van der Waals surface area contributed by atoms with E-state index in [2.05, 4.69) is 10.5 Å². The highest BCUT2D eigenvalue weighted by molar-refractivity contribution is 7.12. The van der Waals surface area contributed by atoms with Gasteiger partial charge in [0.2, 0.25) is 0 Å². The van der Waals surface area contributed by atoms with E-state index >= 15 is 0 Å². The molecule has 0 saturated heterocycles. The molecule has 1 N–H and O–H groups in total. The third-order valence-electron chi connectivity index (χ3n) is 3.56. The van der Waals surface area contributed by atoms with Crippen molar-refractivity contribution in [3.8, 4) is 11.1 Å². The van der Waals surface area contributed by atoms with Crippen LogP contribution >= 0.6 is 11.3 Å². The van der Waals surface area contributed by atoms with Crippen molar-refractivity contribution in [2.75, 3.05) is 0 Å². The fraction of sp³-hybridized carbons (Fsp3) is 0.0526. The van der Waals surface area contributed by atoms with E-state index in [-0.39, 0.29) is 5.91 Å². The lowest BCUT2D eigenvalue weighted by molar-refractivity contribution is 0.0960.